The summed E-state index contributed by atoms with van der Waals surface area (Å²) >= 11 is 5.98. The molecule has 0 fully saturated rings. The number of amides is 2. The summed E-state index contributed by atoms with van der Waals surface area (Å²) in [4.78, 5) is 41.3. The lowest BCUT2D eigenvalue weighted by Crippen LogP contribution is -2.39. The molecule has 1 aromatic carbocycles. The van der Waals surface area contributed by atoms with Crippen LogP contribution in [0, 0.1) is 0 Å². The summed E-state index contributed by atoms with van der Waals surface area (Å²) in [5.74, 6) is -0.856. The molecule has 0 bridgehead atoms. The third-order valence-electron chi connectivity index (χ3n) is 5.22. The number of nitrogens with zero attached hydrogens (tertiary/aromatic N) is 3. The van der Waals surface area contributed by atoms with Gasteiger partial charge in [-0.05, 0) is 37.1 Å². The van der Waals surface area contributed by atoms with Gasteiger partial charge in [0.1, 0.15) is 5.57 Å². The maximum absolute atomic E-state index is 13.5. The summed E-state index contributed by atoms with van der Waals surface area (Å²) in [5.41, 5.74) is 1.33. The van der Waals surface area contributed by atoms with Crippen LogP contribution < -0.4 is 10.1 Å². The number of H-pyrrole nitrogens is 1. The highest BCUT2D eigenvalue weighted by molar-refractivity contribution is 6.44. The summed E-state index contributed by atoms with van der Waals surface area (Å²) < 4.78 is 2.98. The zero-order valence-corrected chi connectivity index (χ0v) is 18.0. The van der Waals surface area contributed by atoms with Gasteiger partial charge in [-0.3, -0.25) is 24.4 Å². The van der Waals surface area contributed by atoms with Crippen molar-refractivity contribution in [2.24, 2.45) is 0 Å². The van der Waals surface area contributed by atoms with Crippen molar-refractivity contribution >= 4 is 34.7 Å². The van der Waals surface area contributed by atoms with Crippen molar-refractivity contribution in [3.05, 3.63) is 81.5 Å². The van der Waals surface area contributed by atoms with Crippen molar-refractivity contribution in [2.75, 3.05) is 6.54 Å². The van der Waals surface area contributed by atoms with E-state index in [1.807, 2.05) is 19.9 Å². The van der Waals surface area contributed by atoms with Crippen LogP contribution >= 0.6 is 11.6 Å². The Morgan fingerprint density at radius 2 is 1.65 bits per heavy atom. The number of aromatic nitrogens is 3. The number of benzene rings is 1. The second kappa shape index (κ2) is 8.35. The minimum Gasteiger partial charge on any atom is -0.294 e. The van der Waals surface area contributed by atoms with Gasteiger partial charge in [0.2, 0.25) is 0 Å². The Hall–Kier alpha value is -3.45. The van der Waals surface area contributed by atoms with Crippen LogP contribution in [0.5, 0.6) is 0 Å². The Labute approximate surface area is 184 Å². The summed E-state index contributed by atoms with van der Waals surface area (Å²) in [5, 5.41) is 3.65. The Balaban J connectivity index is 1.98. The third-order valence-corrected chi connectivity index (χ3v) is 5.47. The van der Waals surface area contributed by atoms with E-state index >= 15 is 0 Å². The van der Waals surface area contributed by atoms with E-state index in [9.17, 15) is 14.4 Å². The van der Waals surface area contributed by atoms with Gasteiger partial charge in [-0.25, -0.2) is 4.68 Å². The Kier molecular flexibility index (Phi) is 5.61. The fraction of sp³-hybridized carbons (Fsp3) is 0.217. The van der Waals surface area contributed by atoms with Crippen LogP contribution in [0.4, 0.5) is 0 Å². The fourth-order valence-corrected chi connectivity index (χ4v) is 3.90. The molecule has 31 heavy (non-hydrogen) atoms. The van der Waals surface area contributed by atoms with Gasteiger partial charge in [0, 0.05) is 29.4 Å². The lowest BCUT2D eigenvalue weighted by Gasteiger charge is -2.11. The first kappa shape index (κ1) is 20.8. The lowest BCUT2D eigenvalue weighted by molar-refractivity contribution is -0.576. The molecule has 0 spiro atoms. The van der Waals surface area contributed by atoms with Crippen LogP contribution in [0.15, 0.2) is 59.7 Å². The molecule has 0 aliphatic carbocycles. The van der Waals surface area contributed by atoms with E-state index in [0.717, 1.165) is 0 Å². The molecule has 1 aliphatic heterocycles. The monoisotopic (exact) mass is 437 g/mol. The number of hydrogen-bond donors (Lipinski definition) is 1. The van der Waals surface area contributed by atoms with E-state index in [4.69, 9.17) is 11.6 Å². The van der Waals surface area contributed by atoms with E-state index in [2.05, 4.69) is 5.10 Å². The van der Waals surface area contributed by atoms with Gasteiger partial charge in [-0.1, -0.05) is 31.5 Å². The zero-order valence-electron chi connectivity index (χ0n) is 17.3. The number of nitrogens with one attached hydrogen (secondary N) is 1. The van der Waals surface area contributed by atoms with Crippen molar-refractivity contribution in [1.82, 2.24) is 14.7 Å². The first-order valence-corrected chi connectivity index (χ1v) is 10.5. The number of aromatic amines is 1. The standard InChI is InChI=1S/C23H21ClN4O3/c1-3-12-27-21(29)19(20(23(27)31)26-13-6-5-7-14-26)18-17(4-2)25-28(22(18)30)16-10-8-15(24)9-11-16/h5-11,13-14H,3-4,12H2,1-2H3/p+1. The van der Waals surface area contributed by atoms with Crippen molar-refractivity contribution in [2.45, 2.75) is 26.7 Å². The van der Waals surface area contributed by atoms with Crippen LogP contribution in [0.25, 0.3) is 17.0 Å². The quantitative estimate of drug-likeness (QED) is 0.475. The predicted molar refractivity (Wildman–Crippen MR) is 118 cm³/mol. The highest BCUT2D eigenvalue weighted by Gasteiger charge is 2.46. The number of aryl methyl sites for hydroxylation is 1. The third kappa shape index (κ3) is 3.51. The molecule has 158 valence electrons. The number of halogens is 1. The van der Waals surface area contributed by atoms with E-state index in [-0.39, 0.29) is 28.9 Å². The topological polar surface area (TPSA) is 79.1 Å². The van der Waals surface area contributed by atoms with Crippen LogP contribution in [-0.2, 0) is 16.0 Å². The highest BCUT2D eigenvalue weighted by atomic mass is 35.5. The number of pyridine rings is 1. The predicted octanol–water partition coefficient (Wildman–Crippen LogP) is 2.82. The first-order chi connectivity index (χ1) is 15.0. The van der Waals surface area contributed by atoms with Gasteiger partial charge in [-0.15, -0.1) is 0 Å². The van der Waals surface area contributed by atoms with Crippen LogP contribution in [0.3, 0.4) is 0 Å². The summed E-state index contributed by atoms with van der Waals surface area (Å²) in [6.07, 6.45) is 4.51. The molecule has 0 unspecified atom stereocenters. The van der Waals surface area contributed by atoms with Gasteiger partial charge in [0.15, 0.2) is 12.4 Å². The average molecular weight is 438 g/mol. The van der Waals surface area contributed by atoms with Crippen molar-refractivity contribution < 1.29 is 14.2 Å². The molecular weight excluding hydrogens is 416 g/mol. The highest BCUT2D eigenvalue weighted by Crippen LogP contribution is 2.30. The average Bonchev–Trinajstić information content (AvgIpc) is 3.23. The number of hydrogen-bond acceptors (Lipinski definition) is 3. The SMILES string of the molecule is CCCN1C(=O)C(c2c(CC)[nH]n(-c3ccc(Cl)cc3)c2=O)=C([n+]2ccccc2)C1=O. The maximum Gasteiger partial charge on any atom is 0.326 e. The molecule has 8 heteroatoms. The molecule has 0 saturated heterocycles. The second-order valence-electron chi connectivity index (χ2n) is 7.20. The summed E-state index contributed by atoms with van der Waals surface area (Å²) in [6, 6.07) is 12.2. The number of carbonyl (C=O) groups is 2. The van der Waals surface area contributed by atoms with Gasteiger partial charge in [0.25, 0.3) is 17.2 Å². The van der Waals surface area contributed by atoms with Crippen LogP contribution in [0.2, 0.25) is 5.02 Å². The van der Waals surface area contributed by atoms with Crippen LogP contribution in [-0.4, -0.2) is 33.0 Å². The van der Waals surface area contributed by atoms with Crippen LogP contribution in [0.1, 0.15) is 31.5 Å². The van der Waals surface area contributed by atoms with Gasteiger partial charge in [0.05, 0.1) is 11.3 Å². The molecule has 3 heterocycles. The number of imide groups is 1. The molecule has 2 amide bonds. The molecule has 0 radical (unpaired) electrons. The molecule has 3 aromatic rings. The van der Waals surface area contributed by atoms with Crippen molar-refractivity contribution in [3.63, 3.8) is 0 Å². The van der Waals surface area contributed by atoms with E-state index < -0.39 is 11.8 Å². The molecule has 1 aliphatic rings. The zero-order chi connectivity index (χ0) is 22.1. The summed E-state index contributed by atoms with van der Waals surface area (Å²) in [6.45, 7) is 4.08. The fourth-order valence-electron chi connectivity index (χ4n) is 3.77. The van der Waals surface area contributed by atoms with E-state index in [1.165, 1.54) is 9.58 Å². The molecule has 2 aromatic heterocycles. The Bertz CT molecular complexity index is 1240. The van der Waals surface area contributed by atoms with E-state index in [1.54, 1.807) is 53.4 Å². The van der Waals surface area contributed by atoms with Crippen molar-refractivity contribution in [1.29, 1.82) is 0 Å². The smallest absolute Gasteiger partial charge is 0.294 e. The normalized spacial score (nSPS) is 14.1. The number of carbonyl (C=O) groups excluding carboxylic acids is 2. The second-order valence-corrected chi connectivity index (χ2v) is 7.64. The van der Waals surface area contributed by atoms with E-state index in [0.29, 0.717) is 29.2 Å². The largest absolute Gasteiger partial charge is 0.326 e. The maximum atomic E-state index is 13.5. The minimum absolute atomic E-state index is 0.125. The van der Waals surface area contributed by atoms with Gasteiger partial charge < -0.3 is 0 Å². The molecule has 0 atom stereocenters. The first-order valence-electron chi connectivity index (χ1n) is 10.1. The molecule has 4 rings (SSSR count). The molecule has 1 N–H and O–H groups in total. The molecule has 0 saturated carbocycles. The summed E-state index contributed by atoms with van der Waals surface area (Å²) in [7, 11) is 0. The minimum atomic E-state index is -0.452. The Morgan fingerprint density at radius 3 is 2.26 bits per heavy atom. The van der Waals surface area contributed by atoms with Crippen molar-refractivity contribution in [3.8, 4) is 5.69 Å². The van der Waals surface area contributed by atoms with Gasteiger partial charge in [-0.2, -0.15) is 4.57 Å². The molecule has 7 nitrogen and oxygen atoms in total. The lowest BCUT2D eigenvalue weighted by atomic mass is 10.0. The molecular formula is C23H22ClN4O3+. The Morgan fingerprint density at radius 1 is 0.968 bits per heavy atom. The number of rotatable bonds is 6. The van der Waals surface area contributed by atoms with Gasteiger partial charge >= 0.3 is 5.91 Å².